The summed E-state index contributed by atoms with van der Waals surface area (Å²) in [6, 6.07) is 18.3. The van der Waals surface area contributed by atoms with Gasteiger partial charge in [-0.1, -0.05) is 48.5 Å². The number of rotatable bonds is 4. The van der Waals surface area contributed by atoms with E-state index in [1.54, 1.807) is 0 Å². The molecule has 0 aromatic heterocycles. The molecule has 2 fully saturated rings. The van der Waals surface area contributed by atoms with Crippen molar-refractivity contribution in [3.05, 3.63) is 65.7 Å². The van der Waals surface area contributed by atoms with Gasteiger partial charge in [0.25, 0.3) is 5.91 Å². The molecule has 3 aliphatic rings. The van der Waals surface area contributed by atoms with Gasteiger partial charge in [-0.2, -0.15) is 0 Å². The monoisotopic (exact) mass is 390 g/mol. The van der Waals surface area contributed by atoms with Crippen LogP contribution in [0.1, 0.15) is 37.3 Å². The SMILES string of the molecule is CCOC(=O)[C@H]1C[C@@H]2CCCN2[C@]12C(=O)N(Cc1ccccc1)c1ccccc12. The van der Waals surface area contributed by atoms with Gasteiger partial charge in [0, 0.05) is 17.3 Å². The predicted molar refractivity (Wildman–Crippen MR) is 110 cm³/mol. The van der Waals surface area contributed by atoms with Crippen LogP contribution in [-0.4, -0.2) is 36.0 Å². The molecule has 2 aromatic carbocycles. The molecular weight excluding hydrogens is 364 g/mol. The lowest BCUT2D eigenvalue weighted by molar-refractivity contribution is -0.155. The Balaban J connectivity index is 1.64. The van der Waals surface area contributed by atoms with E-state index in [2.05, 4.69) is 4.90 Å². The first kappa shape index (κ1) is 18.4. The summed E-state index contributed by atoms with van der Waals surface area (Å²) >= 11 is 0. The molecule has 1 amide bonds. The molecule has 3 atom stereocenters. The third-order valence-corrected chi connectivity index (χ3v) is 6.77. The van der Waals surface area contributed by atoms with Gasteiger partial charge in [-0.25, -0.2) is 0 Å². The van der Waals surface area contributed by atoms with Crippen molar-refractivity contribution in [1.82, 2.24) is 4.90 Å². The van der Waals surface area contributed by atoms with Gasteiger partial charge in [-0.3, -0.25) is 14.5 Å². The minimum atomic E-state index is -0.932. The van der Waals surface area contributed by atoms with Crippen LogP contribution in [-0.2, 0) is 26.4 Å². The number of anilines is 1. The molecule has 0 N–H and O–H groups in total. The highest BCUT2D eigenvalue weighted by atomic mass is 16.5. The fourth-order valence-corrected chi connectivity index (χ4v) is 5.70. The molecule has 2 aromatic rings. The summed E-state index contributed by atoms with van der Waals surface area (Å²) < 4.78 is 5.46. The number of amides is 1. The van der Waals surface area contributed by atoms with Crippen molar-refractivity contribution >= 4 is 17.6 Å². The van der Waals surface area contributed by atoms with Crippen LogP contribution in [0.2, 0.25) is 0 Å². The highest BCUT2D eigenvalue weighted by Gasteiger charge is 2.67. The number of nitrogens with zero attached hydrogens (tertiary/aromatic N) is 2. The first-order chi connectivity index (χ1) is 14.2. The Morgan fingerprint density at radius 2 is 1.90 bits per heavy atom. The number of esters is 1. The molecule has 0 aliphatic carbocycles. The summed E-state index contributed by atoms with van der Waals surface area (Å²) in [6.45, 7) is 3.51. The average Bonchev–Trinajstić information content (AvgIpc) is 3.39. The topological polar surface area (TPSA) is 49.9 Å². The van der Waals surface area contributed by atoms with E-state index in [0.29, 0.717) is 19.6 Å². The van der Waals surface area contributed by atoms with Crippen LogP contribution >= 0.6 is 0 Å². The fourth-order valence-electron chi connectivity index (χ4n) is 5.70. The largest absolute Gasteiger partial charge is 0.466 e. The second-order valence-corrected chi connectivity index (χ2v) is 8.19. The molecule has 2 saturated heterocycles. The minimum absolute atomic E-state index is 0.0185. The van der Waals surface area contributed by atoms with Gasteiger partial charge in [0.05, 0.1) is 19.1 Å². The first-order valence-corrected chi connectivity index (χ1v) is 10.6. The molecular formula is C24H26N2O3. The number of fused-ring (bicyclic) bond motifs is 4. The van der Waals surface area contributed by atoms with E-state index in [1.807, 2.05) is 66.4 Å². The van der Waals surface area contributed by atoms with E-state index in [4.69, 9.17) is 4.74 Å². The van der Waals surface area contributed by atoms with Crippen molar-refractivity contribution in [2.75, 3.05) is 18.1 Å². The Kier molecular flexibility index (Phi) is 4.43. The van der Waals surface area contributed by atoms with Crippen LogP contribution in [0.15, 0.2) is 54.6 Å². The molecule has 150 valence electrons. The van der Waals surface area contributed by atoms with Crippen molar-refractivity contribution in [3.63, 3.8) is 0 Å². The molecule has 0 saturated carbocycles. The molecule has 1 spiro atoms. The first-order valence-electron chi connectivity index (χ1n) is 10.6. The second kappa shape index (κ2) is 6.99. The standard InChI is InChI=1S/C24H26N2O3/c1-2-29-22(27)20-15-18-11-8-14-26(18)24(20)19-12-6-7-13-21(19)25(23(24)28)16-17-9-4-3-5-10-17/h3-7,9-10,12-13,18,20H,2,8,11,14-16H2,1H3/t18-,20+,24-/m0/s1. The maximum Gasteiger partial charge on any atom is 0.311 e. The quantitative estimate of drug-likeness (QED) is 0.750. The zero-order valence-corrected chi connectivity index (χ0v) is 16.7. The molecule has 5 nitrogen and oxygen atoms in total. The normalized spacial score (nSPS) is 28.0. The van der Waals surface area contributed by atoms with Gasteiger partial charge in [0.1, 0.15) is 5.54 Å². The van der Waals surface area contributed by atoms with Crippen LogP contribution in [0.5, 0.6) is 0 Å². The number of carbonyl (C=O) groups is 2. The van der Waals surface area contributed by atoms with Gasteiger partial charge < -0.3 is 9.64 Å². The van der Waals surface area contributed by atoms with Gasteiger partial charge >= 0.3 is 5.97 Å². The molecule has 3 heterocycles. The molecule has 0 unspecified atom stereocenters. The summed E-state index contributed by atoms with van der Waals surface area (Å²) in [5.41, 5.74) is 2.03. The van der Waals surface area contributed by atoms with Gasteiger partial charge in [-0.15, -0.1) is 0 Å². The number of hydrogen-bond donors (Lipinski definition) is 0. The van der Waals surface area contributed by atoms with Crippen molar-refractivity contribution in [2.24, 2.45) is 5.92 Å². The summed E-state index contributed by atoms with van der Waals surface area (Å²) in [5.74, 6) is -0.682. The second-order valence-electron chi connectivity index (χ2n) is 8.19. The lowest BCUT2D eigenvalue weighted by Gasteiger charge is -2.37. The maximum absolute atomic E-state index is 14.1. The zero-order chi connectivity index (χ0) is 20.0. The van der Waals surface area contributed by atoms with Crippen LogP contribution in [0, 0.1) is 5.92 Å². The van der Waals surface area contributed by atoms with Crippen LogP contribution < -0.4 is 4.90 Å². The lowest BCUT2D eigenvalue weighted by Crippen LogP contribution is -2.54. The molecule has 29 heavy (non-hydrogen) atoms. The zero-order valence-electron chi connectivity index (χ0n) is 16.7. The number of ether oxygens (including phenoxy) is 1. The van der Waals surface area contributed by atoms with E-state index < -0.39 is 11.5 Å². The Bertz CT molecular complexity index is 944. The third kappa shape index (κ3) is 2.57. The van der Waals surface area contributed by atoms with Crippen LogP contribution in [0.4, 0.5) is 5.69 Å². The predicted octanol–water partition coefficient (Wildman–Crippen LogP) is 3.48. The number of hydrogen-bond acceptors (Lipinski definition) is 4. The molecule has 5 heteroatoms. The maximum atomic E-state index is 14.1. The smallest absolute Gasteiger partial charge is 0.311 e. The van der Waals surface area contributed by atoms with Crippen LogP contribution in [0.3, 0.4) is 0 Å². The lowest BCUT2D eigenvalue weighted by atomic mass is 9.79. The summed E-state index contributed by atoms with van der Waals surface area (Å²) in [7, 11) is 0. The number of para-hydroxylation sites is 1. The molecule has 0 radical (unpaired) electrons. The summed E-state index contributed by atoms with van der Waals surface area (Å²) in [4.78, 5) is 31.3. The molecule has 3 aliphatic heterocycles. The van der Waals surface area contributed by atoms with Gasteiger partial charge in [-0.05, 0) is 44.4 Å². The Hall–Kier alpha value is -2.66. The fraction of sp³-hybridized carbons (Fsp3) is 0.417. The average molecular weight is 390 g/mol. The van der Waals surface area contributed by atoms with Gasteiger partial charge in [0.15, 0.2) is 0 Å². The van der Waals surface area contributed by atoms with E-state index >= 15 is 0 Å². The Labute approximate surface area is 171 Å². The Morgan fingerprint density at radius 1 is 1.14 bits per heavy atom. The van der Waals surface area contributed by atoms with E-state index in [-0.39, 0.29) is 17.9 Å². The number of benzene rings is 2. The minimum Gasteiger partial charge on any atom is -0.466 e. The summed E-state index contributed by atoms with van der Waals surface area (Å²) in [6.07, 6.45) is 2.79. The van der Waals surface area contributed by atoms with Gasteiger partial charge in [0.2, 0.25) is 0 Å². The van der Waals surface area contributed by atoms with Crippen molar-refractivity contribution < 1.29 is 14.3 Å². The molecule has 0 bridgehead atoms. The van der Waals surface area contributed by atoms with Crippen LogP contribution in [0.25, 0.3) is 0 Å². The van der Waals surface area contributed by atoms with E-state index in [9.17, 15) is 9.59 Å². The van der Waals surface area contributed by atoms with E-state index in [0.717, 1.165) is 36.2 Å². The Morgan fingerprint density at radius 3 is 2.69 bits per heavy atom. The molecule has 5 rings (SSSR count). The summed E-state index contributed by atoms with van der Waals surface area (Å²) in [5, 5.41) is 0. The number of carbonyl (C=O) groups excluding carboxylic acids is 2. The van der Waals surface area contributed by atoms with E-state index in [1.165, 1.54) is 0 Å². The van der Waals surface area contributed by atoms with Crippen molar-refractivity contribution in [3.8, 4) is 0 Å². The third-order valence-electron chi connectivity index (χ3n) is 6.77. The highest BCUT2D eigenvalue weighted by Crippen LogP contribution is 2.57. The highest BCUT2D eigenvalue weighted by molar-refractivity contribution is 6.10. The van der Waals surface area contributed by atoms with Crippen molar-refractivity contribution in [2.45, 2.75) is 44.3 Å². The van der Waals surface area contributed by atoms with Crippen molar-refractivity contribution in [1.29, 1.82) is 0 Å².